The summed E-state index contributed by atoms with van der Waals surface area (Å²) < 4.78 is 6.09. The van der Waals surface area contributed by atoms with Crippen molar-refractivity contribution in [1.82, 2.24) is 10.3 Å². The van der Waals surface area contributed by atoms with Crippen molar-refractivity contribution < 1.29 is 19.4 Å². The first-order chi connectivity index (χ1) is 9.21. The van der Waals surface area contributed by atoms with E-state index in [4.69, 9.17) is 9.84 Å². The van der Waals surface area contributed by atoms with Crippen LogP contribution in [0.3, 0.4) is 0 Å². The van der Waals surface area contributed by atoms with Crippen LogP contribution in [-0.2, 0) is 9.53 Å². The maximum Gasteiger partial charge on any atom is 0.408 e. The molecule has 0 saturated carbocycles. The summed E-state index contributed by atoms with van der Waals surface area (Å²) in [5, 5.41) is 12.0. The van der Waals surface area contributed by atoms with Crippen LogP contribution in [0, 0.1) is 0 Å². The highest BCUT2D eigenvalue weighted by atomic mass is 32.2. The lowest BCUT2D eigenvalue weighted by Gasteiger charge is -2.22. The molecule has 0 radical (unpaired) electrons. The molecule has 1 aromatic heterocycles. The van der Waals surface area contributed by atoms with Crippen LogP contribution in [0.25, 0.3) is 0 Å². The molecule has 0 aromatic carbocycles. The quantitative estimate of drug-likeness (QED) is 0.812. The van der Waals surface area contributed by atoms with Crippen molar-refractivity contribution >= 4 is 35.2 Å². The van der Waals surface area contributed by atoms with Gasteiger partial charge < -0.3 is 15.2 Å². The van der Waals surface area contributed by atoms with Crippen molar-refractivity contribution in [3.8, 4) is 0 Å². The Kier molecular flexibility index (Phi) is 5.82. The van der Waals surface area contributed by atoms with Gasteiger partial charge >= 0.3 is 12.1 Å². The number of carbonyl (C=O) groups is 2. The molecule has 0 bridgehead atoms. The standard InChI is InChI=1S/C12H18N2O4S2/c1-12(2,3)18-11(17)14-7(5-8(15)16)10-13-6-9(19-4)20-10/h6-7H,5H2,1-4H3,(H,14,17)(H,15,16). The molecule has 0 fully saturated rings. The van der Waals surface area contributed by atoms with E-state index in [2.05, 4.69) is 10.3 Å². The predicted molar refractivity (Wildman–Crippen MR) is 78.3 cm³/mol. The van der Waals surface area contributed by atoms with Crippen molar-refractivity contribution in [2.75, 3.05) is 6.26 Å². The Morgan fingerprint density at radius 1 is 1.55 bits per heavy atom. The molecule has 8 heteroatoms. The van der Waals surface area contributed by atoms with Crippen LogP contribution >= 0.6 is 23.1 Å². The van der Waals surface area contributed by atoms with Crippen molar-refractivity contribution in [2.45, 2.75) is 43.0 Å². The topological polar surface area (TPSA) is 88.5 Å². The number of ether oxygens (including phenoxy) is 1. The Hall–Kier alpha value is -1.28. The van der Waals surface area contributed by atoms with Gasteiger partial charge in [-0.1, -0.05) is 0 Å². The number of alkyl carbamates (subject to hydrolysis) is 1. The third kappa shape index (κ3) is 5.79. The van der Waals surface area contributed by atoms with Gasteiger partial charge in [0, 0.05) is 0 Å². The smallest absolute Gasteiger partial charge is 0.408 e. The molecule has 1 atom stereocenters. The number of nitrogens with zero attached hydrogens (tertiary/aromatic N) is 1. The molecule has 1 unspecified atom stereocenters. The first-order valence-electron chi connectivity index (χ1n) is 5.92. The number of carbonyl (C=O) groups excluding carboxylic acids is 1. The zero-order valence-corrected chi connectivity index (χ0v) is 13.4. The first-order valence-corrected chi connectivity index (χ1v) is 7.96. The Balaban J connectivity index is 2.79. The van der Waals surface area contributed by atoms with Gasteiger partial charge in [-0.05, 0) is 27.0 Å². The Morgan fingerprint density at radius 3 is 2.65 bits per heavy atom. The molecule has 112 valence electrons. The van der Waals surface area contributed by atoms with Gasteiger partial charge in [-0.3, -0.25) is 4.79 Å². The fourth-order valence-corrected chi connectivity index (χ4v) is 2.80. The highest BCUT2D eigenvalue weighted by molar-refractivity contribution is 8.00. The summed E-state index contributed by atoms with van der Waals surface area (Å²) in [6.07, 6.45) is 2.69. The van der Waals surface area contributed by atoms with Gasteiger partial charge in [-0.25, -0.2) is 9.78 Å². The zero-order valence-electron chi connectivity index (χ0n) is 11.8. The number of thioether (sulfide) groups is 1. The van der Waals surface area contributed by atoms with Crippen molar-refractivity contribution in [3.63, 3.8) is 0 Å². The van der Waals surface area contributed by atoms with Crippen LogP contribution in [0.1, 0.15) is 38.2 Å². The van der Waals surface area contributed by atoms with Crippen LogP contribution < -0.4 is 5.32 Å². The van der Waals surface area contributed by atoms with E-state index in [0.29, 0.717) is 5.01 Å². The second-order valence-electron chi connectivity index (χ2n) is 5.02. The van der Waals surface area contributed by atoms with Gasteiger partial charge in [0.15, 0.2) is 0 Å². The van der Waals surface area contributed by atoms with E-state index >= 15 is 0 Å². The van der Waals surface area contributed by atoms with Gasteiger partial charge in [0.25, 0.3) is 0 Å². The molecule has 6 nitrogen and oxygen atoms in total. The first kappa shape index (κ1) is 16.8. The highest BCUT2D eigenvalue weighted by Crippen LogP contribution is 2.28. The molecule has 0 aliphatic rings. The zero-order chi connectivity index (χ0) is 15.3. The van der Waals surface area contributed by atoms with Crippen LogP contribution in [0.15, 0.2) is 10.4 Å². The molecule has 1 amide bonds. The molecule has 0 aliphatic heterocycles. The molecule has 0 spiro atoms. The second-order valence-corrected chi connectivity index (χ2v) is 7.19. The fraction of sp³-hybridized carbons (Fsp3) is 0.583. The minimum absolute atomic E-state index is 0.236. The van der Waals surface area contributed by atoms with Crippen molar-refractivity contribution in [1.29, 1.82) is 0 Å². The molecule has 0 saturated heterocycles. The summed E-state index contributed by atoms with van der Waals surface area (Å²) in [5.74, 6) is -1.01. The molecule has 1 rings (SSSR count). The lowest BCUT2D eigenvalue weighted by Crippen LogP contribution is -2.35. The summed E-state index contributed by atoms with van der Waals surface area (Å²) in [6.45, 7) is 5.23. The van der Waals surface area contributed by atoms with Crippen molar-refractivity contribution in [2.24, 2.45) is 0 Å². The van der Waals surface area contributed by atoms with E-state index < -0.39 is 23.7 Å². The van der Waals surface area contributed by atoms with E-state index in [9.17, 15) is 9.59 Å². The number of carboxylic acids is 1. The average molecular weight is 318 g/mol. The molecular weight excluding hydrogens is 300 g/mol. The summed E-state index contributed by atoms with van der Waals surface area (Å²) in [6, 6.07) is -0.687. The normalized spacial score (nSPS) is 12.8. The number of hydrogen-bond donors (Lipinski definition) is 2. The SMILES string of the molecule is CSc1cnc(C(CC(=O)O)NC(=O)OC(C)(C)C)s1. The molecular formula is C12H18N2O4S2. The Labute approximate surface area is 125 Å². The highest BCUT2D eigenvalue weighted by Gasteiger charge is 2.24. The van der Waals surface area contributed by atoms with Gasteiger partial charge in [0.1, 0.15) is 10.6 Å². The minimum Gasteiger partial charge on any atom is -0.481 e. The molecule has 0 aliphatic carbocycles. The Morgan fingerprint density at radius 2 is 2.20 bits per heavy atom. The third-order valence-electron chi connectivity index (χ3n) is 2.07. The van der Waals surface area contributed by atoms with E-state index in [1.54, 1.807) is 27.0 Å². The van der Waals surface area contributed by atoms with E-state index in [0.717, 1.165) is 4.21 Å². The summed E-state index contributed by atoms with van der Waals surface area (Å²) in [7, 11) is 0. The summed E-state index contributed by atoms with van der Waals surface area (Å²) >= 11 is 2.88. The van der Waals surface area contributed by atoms with Crippen molar-refractivity contribution in [3.05, 3.63) is 11.2 Å². The number of thiazole rings is 1. The Bertz CT molecular complexity index is 482. The second kappa shape index (κ2) is 6.94. The summed E-state index contributed by atoms with van der Waals surface area (Å²) in [4.78, 5) is 26.8. The number of amides is 1. The number of aromatic nitrogens is 1. The number of nitrogens with one attached hydrogen (secondary N) is 1. The molecule has 1 heterocycles. The van der Waals surface area contributed by atoms with Gasteiger partial charge in [0.05, 0.1) is 22.9 Å². The lowest BCUT2D eigenvalue weighted by atomic mass is 10.2. The number of aliphatic carboxylic acids is 1. The van der Waals surface area contributed by atoms with Crippen LogP contribution in [-0.4, -0.2) is 34.0 Å². The van der Waals surface area contributed by atoms with Gasteiger partial charge in [-0.2, -0.15) is 0 Å². The maximum atomic E-state index is 11.7. The van der Waals surface area contributed by atoms with Crippen LogP contribution in [0.2, 0.25) is 0 Å². The fourth-order valence-electron chi connectivity index (χ4n) is 1.35. The third-order valence-corrected chi connectivity index (χ3v) is 4.23. The molecule has 20 heavy (non-hydrogen) atoms. The minimum atomic E-state index is -1.01. The van der Waals surface area contributed by atoms with Gasteiger partial charge in [0.2, 0.25) is 0 Å². The molecule has 2 N–H and O–H groups in total. The van der Waals surface area contributed by atoms with E-state index in [1.165, 1.54) is 23.1 Å². The number of rotatable bonds is 5. The lowest BCUT2D eigenvalue weighted by molar-refractivity contribution is -0.137. The molecule has 1 aromatic rings. The van der Waals surface area contributed by atoms with Gasteiger partial charge in [-0.15, -0.1) is 23.1 Å². The van der Waals surface area contributed by atoms with Crippen LogP contribution in [0.5, 0.6) is 0 Å². The van der Waals surface area contributed by atoms with E-state index in [-0.39, 0.29) is 6.42 Å². The predicted octanol–water partition coefficient (Wildman–Crippen LogP) is 2.91. The maximum absolute atomic E-state index is 11.7. The van der Waals surface area contributed by atoms with Crippen LogP contribution in [0.4, 0.5) is 4.79 Å². The average Bonchev–Trinajstić information content (AvgIpc) is 2.73. The number of carboxylic acid groups (broad SMARTS) is 1. The van der Waals surface area contributed by atoms with E-state index in [1.807, 2.05) is 6.26 Å². The number of hydrogen-bond acceptors (Lipinski definition) is 6. The largest absolute Gasteiger partial charge is 0.481 e. The monoisotopic (exact) mass is 318 g/mol. The summed E-state index contributed by atoms with van der Waals surface area (Å²) in [5.41, 5.74) is -0.634.